The van der Waals surface area contributed by atoms with Gasteiger partial charge in [-0.05, 0) is 44.4 Å². The van der Waals surface area contributed by atoms with E-state index in [1.165, 1.54) is 6.92 Å². The minimum Gasteiger partial charge on any atom is -0.453 e. The highest BCUT2D eigenvalue weighted by Gasteiger charge is 2.47. The van der Waals surface area contributed by atoms with Crippen LogP contribution in [0, 0.1) is 5.92 Å². The maximum Gasteiger partial charge on any atom is 0.417 e. The van der Waals surface area contributed by atoms with E-state index in [2.05, 4.69) is 0 Å². The van der Waals surface area contributed by atoms with Crippen molar-refractivity contribution in [3.05, 3.63) is 48.0 Å². The lowest BCUT2D eigenvalue weighted by Gasteiger charge is -2.26. The summed E-state index contributed by atoms with van der Waals surface area (Å²) in [5.74, 6) is -3.79. The number of aliphatic hydroxyl groups excluding tert-OH is 1. The van der Waals surface area contributed by atoms with E-state index in [1.807, 2.05) is 6.07 Å². The number of imide groups is 1. The van der Waals surface area contributed by atoms with Crippen molar-refractivity contribution in [2.75, 3.05) is 6.61 Å². The van der Waals surface area contributed by atoms with Gasteiger partial charge >= 0.3 is 12.1 Å². The number of amides is 2. The second-order valence-electron chi connectivity index (χ2n) is 7.87. The Bertz CT molecular complexity index is 910. The van der Waals surface area contributed by atoms with Crippen LogP contribution in [0.5, 0.6) is 0 Å². The molecule has 178 valence electrons. The lowest BCUT2D eigenvalue weighted by Crippen LogP contribution is -2.47. The molecule has 0 aliphatic carbocycles. The fraction of sp³-hybridized carbons (Fsp3) is 0.458. The SMILES string of the molecule is CC(=O)OC(C(=O)C=CC(=O)CCCCO)C(C)C(=O)N1C(=O)OC(c2ccccc2)C1C. The number of rotatable bonds is 11. The third-order valence-corrected chi connectivity index (χ3v) is 5.32. The van der Waals surface area contributed by atoms with Crippen LogP contribution in [0.25, 0.3) is 0 Å². The molecule has 1 aliphatic heterocycles. The smallest absolute Gasteiger partial charge is 0.417 e. The van der Waals surface area contributed by atoms with E-state index in [9.17, 15) is 24.0 Å². The van der Waals surface area contributed by atoms with E-state index in [4.69, 9.17) is 14.6 Å². The van der Waals surface area contributed by atoms with Crippen molar-refractivity contribution in [2.45, 2.75) is 58.3 Å². The number of carbonyl (C=O) groups is 5. The molecule has 4 atom stereocenters. The molecule has 1 N–H and O–H groups in total. The Morgan fingerprint density at radius 1 is 1.15 bits per heavy atom. The monoisotopic (exact) mass is 459 g/mol. The van der Waals surface area contributed by atoms with Crippen LogP contribution in [0.15, 0.2) is 42.5 Å². The lowest BCUT2D eigenvalue weighted by molar-refractivity contribution is -0.158. The predicted molar refractivity (Wildman–Crippen MR) is 117 cm³/mol. The van der Waals surface area contributed by atoms with Crippen LogP contribution in [0.4, 0.5) is 4.79 Å². The molecule has 1 aromatic carbocycles. The lowest BCUT2D eigenvalue weighted by atomic mass is 9.96. The molecule has 0 bridgehead atoms. The van der Waals surface area contributed by atoms with Crippen molar-refractivity contribution in [1.29, 1.82) is 0 Å². The van der Waals surface area contributed by atoms with Gasteiger partial charge < -0.3 is 14.6 Å². The van der Waals surface area contributed by atoms with Gasteiger partial charge in [0.2, 0.25) is 5.91 Å². The molecule has 4 unspecified atom stereocenters. The maximum absolute atomic E-state index is 13.1. The summed E-state index contributed by atoms with van der Waals surface area (Å²) >= 11 is 0. The normalized spacial score (nSPS) is 19.8. The Morgan fingerprint density at radius 3 is 2.42 bits per heavy atom. The number of aliphatic hydroxyl groups is 1. The van der Waals surface area contributed by atoms with Gasteiger partial charge in [-0.15, -0.1) is 0 Å². The molecule has 1 aliphatic rings. The van der Waals surface area contributed by atoms with Crippen LogP contribution in [-0.2, 0) is 28.7 Å². The van der Waals surface area contributed by atoms with Gasteiger partial charge in [-0.3, -0.25) is 19.2 Å². The highest BCUT2D eigenvalue weighted by molar-refractivity contribution is 6.04. The van der Waals surface area contributed by atoms with Crippen molar-refractivity contribution in [3.63, 3.8) is 0 Å². The van der Waals surface area contributed by atoms with E-state index < -0.39 is 47.9 Å². The van der Waals surface area contributed by atoms with Crippen molar-refractivity contribution in [2.24, 2.45) is 5.92 Å². The molecule has 0 saturated carbocycles. The largest absolute Gasteiger partial charge is 0.453 e. The summed E-state index contributed by atoms with van der Waals surface area (Å²) in [6.07, 6.45) is 0.0765. The first-order valence-corrected chi connectivity index (χ1v) is 10.8. The Balaban J connectivity index is 2.15. The number of allylic oxidation sites excluding steroid dienone is 1. The van der Waals surface area contributed by atoms with Crippen molar-refractivity contribution < 1.29 is 38.6 Å². The third kappa shape index (κ3) is 6.82. The Kier molecular flexibility index (Phi) is 9.47. The Hall–Kier alpha value is -3.33. The standard InChI is InChI=1S/C24H29NO8/c1-15(21(32-17(3)27)20(29)13-12-19(28)11-7-8-14-26)23(30)25-16(2)22(33-24(25)31)18-9-5-4-6-10-18/h4-6,9-10,12-13,15-16,21-22,26H,7-8,11,14H2,1-3H3. The zero-order valence-electron chi connectivity index (χ0n) is 18.9. The van der Waals surface area contributed by atoms with Gasteiger partial charge in [-0.2, -0.15) is 0 Å². The molecular formula is C24H29NO8. The molecule has 1 fully saturated rings. The number of ketones is 2. The average Bonchev–Trinajstić information content (AvgIpc) is 3.09. The molecular weight excluding hydrogens is 430 g/mol. The molecule has 1 heterocycles. The number of nitrogens with zero attached hydrogens (tertiary/aromatic N) is 1. The molecule has 9 heteroatoms. The Morgan fingerprint density at radius 2 is 1.82 bits per heavy atom. The van der Waals surface area contributed by atoms with Crippen LogP contribution in [0.2, 0.25) is 0 Å². The Labute approximate surface area is 192 Å². The number of ether oxygens (including phenoxy) is 2. The van der Waals surface area contributed by atoms with E-state index in [1.54, 1.807) is 31.2 Å². The first-order chi connectivity index (χ1) is 15.7. The first-order valence-electron chi connectivity index (χ1n) is 10.8. The van der Waals surface area contributed by atoms with Gasteiger partial charge in [0.15, 0.2) is 17.7 Å². The topological polar surface area (TPSA) is 127 Å². The van der Waals surface area contributed by atoms with Gasteiger partial charge in [0.25, 0.3) is 0 Å². The number of esters is 1. The minimum atomic E-state index is -1.51. The number of hydrogen-bond acceptors (Lipinski definition) is 8. The van der Waals surface area contributed by atoms with Crippen LogP contribution in [0.1, 0.15) is 51.7 Å². The van der Waals surface area contributed by atoms with Crippen molar-refractivity contribution in [1.82, 2.24) is 4.90 Å². The van der Waals surface area contributed by atoms with Crippen molar-refractivity contribution in [3.8, 4) is 0 Å². The number of unbranched alkanes of at least 4 members (excludes halogenated alkanes) is 1. The summed E-state index contributed by atoms with van der Waals surface area (Å²) in [6, 6.07) is 8.30. The molecule has 2 rings (SSSR count). The summed E-state index contributed by atoms with van der Waals surface area (Å²) in [5, 5.41) is 8.77. The highest BCUT2D eigenvalue weighted by atomic mass is 16.6. The molecule has 2 amide bonds. The molecule has 0 aromatic heterocycles. The van der Waals surface area contributed by atoms with Gasteiger partial charge in [0.1, 0.15) is 6.10 Å². The average molecular weight is 459 g/mol. The zero-order valence-corrected chi connectivity index (χ0v) is 18.9. The number of carbonyl (C=O) groups excluding carboxylic acids is 5. The third-order valence-electron chi connectivity index (χ3n) is 5.32. The zero-order chi connectivity index (χ0) is 24.5. The quantitative estimate of drug-likeness (QED) is 0.304. The summed E-state index contributed by atoms with van der Waals surface area (Å²) in [5.41, 5.74) is 0.719. The number of cyclic esters (lactones) is 1. The van der Waals surface area contributed by atoms with Gasteiger partial charge in [0.05, 0.1) is 12.0 Å². The van der Waals surface area contributed by atoms with Gasteiger partial charge in [0, 0.05) is 20.0 Å². The summed E-state index contributed by atoms with van der Waals surface area (Å²) < 4.78 is 10.5. The highest BCUT2D eigenvalue weighted by Crippen LogP contribution is 2.33. The maximum atomic E-state index is 13.1. The molecule has 0 spiro atoms. The van der Waals surface area contributed by atoms with Gasteiger partial charge in [-0.1, -0.05) is 30.3 Å². The van der Waals surface area contributed by atoms with Crippen molar-refractivity contribution >= 4 is 29.5 Å². The molecule has 9 nitrogen and oxygen atoms in total. The first kappa shape index (κ1) is 25.9. The van der Waals surface area contributed by atoms with E-state index >= 15 is 0 Å². The fourth-order valence-corrected chi connectivity index (χ4v) is 3.54. The molecule has 33 heavy (non-hydrogen) atoms. The second kappa shape index (κ2) is 12.1. The van der Waals surface area contributed by atoms with E-state index in [0.717, 1.165) is 29.5 Å². The summed E-state index contributed by atoms with van der Waals surface area (Å²) in [7, 11) is 0. The van der Waals surface area contributed by atoms with Gasteiger partial charge in [-0.25, -0.2) is 9.69 Å². The molecule has 1 aromatic rings. The molecule has 0 radical (unpaired) electrons. The number of benzene rings is 1. The molecule has 1 saturated heterocycles. The second-order valence-corrected chi connectivity index (χ2v) is 7.87. The van der Waals surface area contributed by atoms with Crippen LogP contribution in [0.3, 0.4) is 0 Å². The van der Waals surface area contributed by atoms with Crippen LogP contribution >= 0.6 is 0 Å². The fourth-order valence-electron chi connectivity index (χ4n) is 3.54. The van der Waals surface area contributed by atoms with Crippen LogP contribution in [-0.4, -0.2) is 58.3 Å². The predicted octanol–water partition coefficient (Wildman–Crippen LogP) is 2.52. The number of hydrogen-bond donors (Lipinski definition) is 1. The summed E-state index contributed by atoms with van der Waals surface area (Å²) in [4.78, 5) is 62.7. The van der Waals surface area contributed by atoms with E-state index in [-0.39, 0.29) is 18.8 Å². The van der Waals surface area contributed by atoms with E-state index in [0.29, 0.717) is 12.8 Å². The van der Waals surface area contributed by atoms with Crippen LogP contribution < -0.4 is 0 Å². The summed E-state index contributed by atoms with van der Waals surface area (Å²) in [6.45, 7) is 4.09. The minimum absolute atomic E-state index is 0.0352.